The summed E-state index contributed by atoms with van der Waals surface area (Å²) >= 11 is 0. The van der Waals surface area contributed by atoms with Gasteiger partial charge in [-0.3, -0.25) is 9.59 Å². The number of hydrogen-bond acceptors (Lipinski definition) is 3. The number of carbonyl (C=O) groups excluding carboxylic acids is 2. The van der Waals surface area contributed by atoms with Gasteiger partial charge in [0.05, 0.1) is 0 Å². The van der Waals surface area contributed by atoms with E-state index in [-0.39, 0.29) is 18.4 Å². The Bertz CT molecular complexity index is 298. The highest BCUT2D eigenvalue weighted by atomic mass is 16.2. The van der Waals surface area contributed by atoms with Crippen molar-refractivity contribution in [3.8, 4) is 0 Å². The topological polar surface area (TPSA) is 75.4 Å². The molecule has 1 fully saturated rings. The predicted octanol–water partition coefficient (Wildman–Crippen LogP) is -1.44. The lowest BCUT2D eigenvalue weighted by Crippen LogP contribution is -2.43. The lowest BCUT2D eigenvalue weighted by molar-refractivity contribution is -0.131. The van der Waals surface area contributed by atoms with Gasteiger partial charge in [0.1, 0.15) is 11.7 Å². The van der Waals surface area contributed by atoms with Gasteiger partial charge >= 0.3 is 0 Å². The van der Waals surface area contributed by atoms with Crippen LogP contribution in [-0.2, 0) is 9.59 Å². The van der Waals surface area contributed by atoms with Crippen LogP contribution in [0.25, 0.3) is 0 Å². The molecule has 0 aliphatic carbocycles. The van der Waals surface area contributed by atoms with E-state index >= 15 is 0 Å². The summed E-state index contributed by atoms with van der Waals surface area (Å²) in [7, 11) is 0. The van der Waals surface area contributed by atoms with Gasteiger partial charge < -0.3 is 16.0 Å². The van der Waals surface area contributed by atoms with Crippen molar-refractivity contribution in [3.63, 3.8) is 0 Å². The molecular weight excluding hydrogens is 170 g/mol. The summed E-state index contributed by atoms with van der Waals surface area (Å²) in [5.41, 5.74) is 6.02. The zero-order valence-corrected chi connectivity index (χ0v) is 7.12. The molecule has 0 spiro atoms. The molecule has 0 bridgehead atoms. The standard InChI is InChI=1S/C8H11N3O2/c9-5-4-10-7(12)6-2-1-3-11(6)8(5)13/h2,5H,1,3-4,9H2,(H,10,12). The number of rotatable bonds is 0. The van der Waals surface area contributed by atoms with Gasteiger partial charge in [0.15, 0.2) is 0 Å². The van der Waals surface area contributed by atoms with Crippen molar-refractivity contribution in [2.45, 2.75) is 12.5 Å². The summed E-state index contributed by atoms with van der Waals surface area (Å²) in [6, 6.07) is -0.604. The molecule has 0 aromatic carbocycles. The first kappa shape index (κ1) is 8.25. The number of hydrogen-bond donors (Lipinski definition) is 2. The zero-order valence-electron chi connectivity index (χ0n) is 7.12. The third-order valence-corrected chi connectivity index (χ3v) is 2.28. The van der Waals surface area contributed by atoms with Crippen molar-refractivity contribution in [1.82, 2.24) is 10.2 Å². The molecule has 1 unspecified atom stereocenters. The number of nitrogens with one attached hydrogen (secondary N) is 1. The molecule has 13 heavy (non-hydrogen) atoms. The van der Waals surface area contributed by atoms with Crippen LogP contribution in [0.2, 0.25) is 0 Å². The normalized spacial score (nSPS) is 27.9. The predicted molar refractivity (Wildman–Crippen MR) is 45.4 cm³/mol. The van der Waals surface area contributed by atoms with Crippen LogP contribution in [-0.4, -0.2) is 35.8 Å². The van der Waals surface area contributed by atoms with E-state index < -0.39 is 6.04 Å². The molecule has 70 valence electrons. The molecule has 2 heterocycles. The Hall–Kier alpha value is -1.36. The fraction of sp³-hybridized carbons (Fsp3) is 0.500. The summed E-state index contributed by atoms with van der Waals surface area (Å²) in [4.78, 5) is 24.4. The van der Waals surface area contributed by atoms with Crippen LogP contribution in [0.1, 0.15) is 6.42 Å². The van der Waals surface area contributed by atoms with E-state index in [2.05, 4.69) is 5.32 Å². The largest absolute Gasteiger partial charge is 0.349 e. The average Bonchev–Trinajstić information content (AvgIpc) is 2.57. The summed E-state index contributed by atoms with van der Waals surface area (Å²) in [5, 5.41) is 2.60. The van der Waals surface area contributed by atoms with E-state index in [1.54, 1.807) is 6.08 Å². The van der Waals surface area contributed by atoms with Crippen LogP contribution in [0.5, 0.6) is 0 Å². The molecule has 2 aliphatic heterocycles. The lowest BCUT2D eigenvalue weighted by atomic mass is 10.3. The Morgan fingerprint density at radius 2 is 2.31 bits per heavy atom. The average molecular weight is 181 g/mol. The number of nitrogens with two attached hydrogens (primary N) is 1. The Morgan fingerprint density at radius 1 is 1.54 bits per heavy atom. The molecule has 1 atom stereocenters. The first-order chi connectivity index (χ1) is 6.20. The highest BCUT2D eigenvalue weighted by Gasteiger charge is 2.33. The highest BCUT2D eigenvalue weighted by Crippen LogP contribution is 2.17. The Morgan fingerprint density at radius 3 is 3.08 bits per heavy atom. The first-order valence-corrected chi connectivity index (χ1v) is 4.25. The van der Waals surface area contributed by atoms with Crippen LogP contribution in [0, 0.1) is 0 Å². The maximum absolute atomic E-state index is 11.5. The second-order valence-electron chi connectivity index (χ2n) is 3.18. The number of fused-ring (bicyclic) bond motifs is 1. The molecule has 2 amide bonds. The van der Waals surface area contributed by atoms with E-state index in [9.17, 15) is 9.59 Å². The Labute approximate surface area is 75.6 Å². The van der Waals surface area contributed by atoms with Crippen molar-refractivity contribution in [2.75, 3.05) is 13.1 Å². The Balaban J connectivity index is 2.32. The SMILES string of the molecule is NC1CNC(=O)C2=CCCN2C1=O. The van der Waals surface area contributed by atoms with Crippen LogP contribution in [0.15, 0.2) is 11.8 Å². The van der Waals surface area contributed by atoms with Gasteiger partial charge in [-0.2, -0.15) is 0 Å². The van der Waals surface area contributed by atoms with Gasteiger partial charge in [-0.15, -0.1) is 0 Å². The molecule has 3 N–H and O–H groups in total. The number of amides is 2. The van der Waals surface area contributed by atoms with Gasteiger partial charge in [0.2, 0.25) is 5.91 Å². The molecule has 2 rings (SSSR count). The summed E-state index contributed by atoms with van der Waals surface area (Å²) < 4.78 is 0. The van der Waals surface area contributed by atoms with Crippen LogP contribution >= 0.6 is 0 Å². The molecule has 0 saturated carbocycles. The minimum Gasteiger partial charge on any atom is -0.349 e. The number of carbonyl (C=O) groups is 2. The van der Waals surface area contributed by atoms with Gasteiger partial charge in [-0.1, -0.05) is 6.08 Å². The minimum absolute atomic E-state index is 0.165. The molecular formula is C8H11N3O2. The van der Waals surface area contributed by atoms with Gasteiger partial charge in [-0.05, 0) is 6.42 Å². The van der Waals surface area contributed by atoms with Gasteiger partial charge in [0, 0.05) is 13.1 Å². The van der Waals surface area contributed by atoms with Gasteiger partial charge in [-0.25, -0.2) is 0 Å². The third-order valence-electron chi connectivity index (χ3n) is 2.28. The van der Waals surface area contributed by atoms with Crippen molar-refractivity contribution in [1.29, 1.82) is 0 Å². The van der Waals surface area contributed by atoms with E-state index in [0.29, 0.717) is 12.2 Å². The third kappa shape index (κ3) is 1.21. The van der Waals surface area contributed by atoms with Crippen molar-refractivity contribution < 1.29 is 9.59 Å². The van der Waals surface area contributed by atoms with Gasteiger partial charge in [0.25, 0.3) is 5.91 Å². The molecule has 0 aromatic heterocycles. The highest BCUT2D eigenvalue weighted by molar-refractivity contribution is 6.01. The summed E-state index contributed by atoms with van der Waals surface area (Å²) in [5.74, 6) is -0.360. The second-order valence-corrected chi connectivity index (χ2v) is 3.18. The summed E-state index contributed by atoms with van der Waals surface area (Å²) in [6.07, 6.45) is 2.51. The lowest BCUT2D eigenvalue weighted by Gasteiger charge is -2.17. The Kier molecular flexibility index (Phi) is 1.81. The molecule has 5 nitrogen and oxygen atoms in total. The van der Waals surface area contributed by atoms with Crippen LogP contribution in [0.3, 0.4) is 0 Å². The first-order valence-electron chi connectivity index (χ1n) is 4.25. The maximum Gasteiger partial charge on any atom is 0.267 e. The fourth-order valence-corrected chi connectivity index (χ4v) is 1.59. The number of nitrogens with zero attached hydrogens (tertiary/aromatic N) is 1. The fourth-order valence-electron chi connectivity index (χ4n) is 1.59. The second kappa shape index (κ2) is 2.85. The minimum atomic E-state index is -0.604. The van der Waals surface area contributed by atoms with E-state index in [1.165, 1.54) is 4.90 Å². The zero-order chi connectivity index (χ0) is 9.42. The quantitative estimate of drug-likeness (QED) is 0.480. The van der Waals surface area contributed by atoms with Crippen LogP contribution in [0.4, 0.5) is 0 Å². The maximum atomic E-state index is 11.5. The van der Waals surface area contributed by atoms with E-state index in [4.69, 9.17) is 5.73 Å². The van der Waals surface area contributed by atoms with Crippen molar-refractivity contribution >= 4 is 11.8 Å². The van der Waals surface area contributed by atoms with E-state index in [1.807, 2.05) is 0 Å². The molecule has 2 aliphatic rings. The monoisotopic (exact) mass is 181 g/mol. The smallest absolute Gasteiger partial charge is 0.267 e. The molecule has 0 aromatic rings. The van der Waals surface area contributed by atoms with Crippen LogP contribution < -0.4 is 11.1 Å². The molecule has 1 saturated heterocycles. The van der Waals surface area contributed by atoms with Crippen molar-refractivity contribution in [3.05, 3.63) is 11.8 Å². The van der Waals surface area contributed by atoms with Crippen molar-refractivity contribution in [2.24, 2.45) is 5.73 Å². The molecule has 5 heteroatoms. The molecule has 0 radical (unpaired) electrons. The van der Waals surface area contributed by atoms with E-state index in [0.717, 1.165) is 6.42 Å². The summed E-state index contributed by atoms with van der Waals surface area (Å²) in [6.45, 7) is 0.806.